The fourth-order valence-corrected chi connectivity index (χ4v) is 2.43. The summed E-state index contributed by atoms with van der Waals surface area (Å²) in [6, 6.07) is 8.09. The summed E-state index contributed by atoms with van der Waals surface area (Å²) in [5.41, 5.74) is 0.995. The summed E-state index contributed by atoms with van der Waals surface area (Å²) >= 11 is 0. The van der Waals surface area contributed by atoms with Gasteiger partial charge in [-0.3, -0.25) is 4.79 Å². The van der Waals surface area contributed by atoms with Gasteiger partial charge < -0.3 is 15.4 Å². The normalized spacial score (nSPS) is 16.1. The quantitative estimate of drug-likeness (QED) is 0.863. The zero-order valence-electron chi connectivity index (χ0n) is 12.3. The highest BCUT2D eigenvalue weighted by molar-refractivity contribution is 5.79. The van der Waals surface area contributed by atoms with E-state index in [9.17, 15) is 4.79 Å². The Hall–Kier alpha value is -1.55. The Bertz CT molecular complexity index is 440. The summed E-state index contributed by atoms with van der Waals surface area (Å²) in [7, 11) is 0. The van der Waals surface area contributed by atoms with Gasteiger partial charge in [0.2, 0.25) is 5.91 Å². The zero-order chi connectivity index (χ0) is 14.4. The molecule has 0 radical (unpaired) electrons. The maximum Gasteiger partial charge on any atom is 0.224 e. The van der Waals surface area contributed by atoms with Crippen LogP contribution in [0.25, 0.3) is 0 Å². The van der Waals surface area contributed by atoms with Crippen molar-refractivity contribution in [2.24, 2.45) is 0 Å². The minimum atomic E-state index is 0.0959. The van der Waals surface area contributed by atoms with Crippen LogP contribution in [0.5, 0.6) is 5.75 Å². The summed E-state index contributed by atoms with van der Waals surface area (Å²) in [5, 5.41) is 6.40. The Balaban J connectivity index is 1.86. The molecule has 0 aliphatic carbocycles. The molecule has 0 bridgehead atoms. The van der Waals surface area contributed by atoms with Gasteiger partial charge >= 0.3 is 0 Å². The number of carbonyl (C=O) groups is 1. The van der Waals surface area contributed by atoms with Crippen LogP contribution in [-0.2, 0) is 11.2 Å². The van der Waals surface area contributed by atoms with Crippen LogP contribution in [-0.4, -0.2) is 31.1 Å². The average molecular weight is 276 g/mol. The van der Waals surface area contributed by atoms with E-state index >= 15 is 0 Å². The lowest BCUT2D eigenvalue weighted by atomic mass is 10.1. The van der Waals surface area contributed by atoms with Gasteiger partial charge in [-0.25, -0.2) is 0 Å². The standard InChI is InChI=1S/C16H24N2O2/c1-12(2)20-15-5-3-4-13(10-15)11-16(19)18-14-6-8-17-9-7-14/h3-5,10,12,14,17H,6-9,11H2,1-2H3,(H,18,19). The van der Waals surface area contributed by atoms with Crippen LogP contribution in [0.15, 0.2) is 24.3 Å². The zero-order valence-corrected chi connectivity index (χ0v) is 12.3. The summed E-state index contributed by atoms with van der Waals surface area (Å²) in [6.07, 6.45) is 2.60. The van der Waals surface area contributed by atoms with Crippen LogP contribution in [0.2, 0.25) is 0 Å². The van der Waals surface area contributed by atoms with E-state index in [-0.39, 0.29) is 12.0 Å². The Labute approximate surface area is 120 Å². The van der Waals surface area contributed by atoms with Gasteiger partial charge in [-0.15, -0.1) is 0 Å². The van der Waals surface area contributed by atoms with Crippen molar-refractivity contribution in [3.63, 3.8) is 0 Å². The molecule has 20 heavy (non-hydrogen) atoms. The maximum atomic E-state index is 12.0. The van der Waals surface area contributed by atoms with E-state index in [4.69, 9.17) is 4.74 Å². The largest absolute Gasteiger partial charge is 0.491 e. The third kappa shape index (κ3) is 4.85. The molecule has 1 aliphatic heterocycles. The SMILES string of the molecule is CC(C)Oc1cccc(CC(=O)NC2CCNCC2)c1. The molecule has 1 heterocycles. The molecule has 110 valence electrons. The minimum absolute atomic E-state index is 0.0959. The summed E-state index contributed by atoms with van der Waals surface area (Å²) < 4.78 is 5.65. The third-order valence-electron chi connectivity index (χ3n) is 3.34. The van der Waals surface area contributed by atoms with Crippen molar-refractivity contribution >= 4 is 5.91 Å². The van der Waals surface area contributed by atoms with E-state index in [1.165, 1.54) is 0 Å². The van der Waals surface area contributed by atoms with E-state index in [0.717, 1.165) is 37.2 Å². The molecule has 0 spiro atoms. The molecule has 1 aromatic carbocycles. The molecule has 1 fully saturated rings. The molecule has 2 N–H and O–H groups in total. The highest BCUT2D eigenvalue weighted by Gasteiger charge is 2.15. The maximum absolute atomic E-state index is 12.0. The van der Waals surface area contributed by atoms with E-state index in [0.29, 0.717) is 12.5 Å². The van der Waals surface area contributed by atoms with E-state index in [1.807, 2.05) is 38.1 Å². The van der Waals surface area contributed by atoms with Gasteiger partial charge in [0, 0.05) is 6.04 Å². The predicted octanol–water partition coefficient (Wildman–Crippen LogP) is 1.88. The average Bonchev–Trinajstić information content (AvgIpc) is 2.39. The van der Waals surface area contributed by atoms with Gasteiger partial charge in [-0.2, -0.15) is 0 Å². The number of nitrogens with one attached hydrogen (secondary N) is 2. The van der Waals surface area contributed by atoms with E-state index in [1.54, 1.807) is 0 Å². The molecule has 4 nitrogen and oxygen atoms in total. The topological polar surface area (TPSA) is 50.4 Å². The number of hydrogen-bond acceptors (Lipinski definition) is 3. The molecule has 1 aromatic rings. The number of benzene rings is 1. The van der Waals surface area contributed by atoms with E-state index in [2.05, 4.69) is 10.6 Å². The first-order chi connectivity index (χ1) is 9.63. The molecule has 0 unspecified atom stereocenters. The summed E-state index contributed by atoms with van der Waals surface area (Å²) in [4.78, 5) is 12.0. The fraction of sp³-hybridized carbons (Fsp3) is 0.562. The Morgan fingerprint density at radius 3 is 2.85 bits per heavy atom. The van der Waals surface area contributed by atoms with Gasteiger partial charge in [0.1, 0.15) is 5.75 Å². The highest BCUT2D eigenvalue weighted by Crippen LogP contribution is 2.15. The van der Waals surface area contributed by atoms with Gasteiger partial charge in [0.05, 0.1) is 12.5 Å². The van der Waals surface area contributed by atoms with Gasteiger partial charge in [0.15, 0.2) is 0 Å². The first kappa shape index (κ1) is 14.9. The molecule has 0 atom stereocenters. The number of amides is 1. The monoisotopic (exact) mass is 276 g/mol. The molecule has 0 aromatic heterocycles. The van der Waals surface area contributed by atoms with Crippen molar-refractivity contribution in [2.75, 3.05) is 13.1 Å². The third-order valence-corrected chi connectivity index (χ3v) is 3.34. The molecule has 1 saturated heterocycles. The molecular formula is C16H24N2O2. The van der Waals surface area contributed by atoms with Crippen molar-refractivity contribution in [1.29, 1.82) is 0 Å². The fourth-order valence-electron chi connectivity index (χ4n) is 2.43. The molecule has 0 saturated carbocycles. The Kier molecular flexibility index (Phi) is 5.41. The van der Waals surface area contributed by atoms with Crippen LogP contribution in [0.1, 0.15) is 32.3 Å². The number of rotatable bonds is 5. The molecule has 2 rings (SSSR count). The highest BCUT2D eigenvalue weighted by atomic mass is 16.5. The number of ether oxygens (including phenoxy) is 1. The van der Waals surface area contributed by atoms with Crippen molar-refractivity contribution in [3.8, 4) is 5.75 Å². The first-order valence-corrected chi connectivity index (χ1v) is 7.39. The van der Waals surface area contributed by atoms with Crippen molar-refractivity contribution < 1.29 is 9.53 Å². The molecule has 1 aliphatic rings. The smallest absolute Gasteiger partial charge is 0.224 e. The lowest BCUT2D eigenvalue weighted by molar-refractivity contribution is -0.121. The van der Waals surface area contributed by atoms with Gasteiger partial charge in [-0.1, -0.05) is 12.1 Å². The second-order valence-corrected chi connectivity index (χ2v) is 5.58. The van der Waals surface area contributed by atoms with Crippen molar-refractivity contribution in [2.45, 2.75) is 45.3 Å². The molecule has 4 heteroatoms. The van der Waals surface area contributed by atoms with Crippen LogP contribution in [0.4, 0.5) is 0 Å². The van der Waals surface area contributed by atoms with Gasteiger partial charge in [0.25, 0.3) is 0 Å². The predicted molar refractivity (Wildman–Crippen MR) is 79.9 cm³/mol. The Morgan fingerprint density at radius 2 is 2.15 bits per heavy atom. The number of piperidine rings is 1. The Morgan fingerprint density at radius 1 is 1.40 bits per heavy atom. The minimum Gasteiger partial charge on any atom is -0.491 e. The lowest BCUT2D eigenvalue weighted by Gasteiger charge is -2.23. The van der Waals surface area contributed by atoms with Crippen LogP contribution in [0, 0.1) is 0 Å². The number of hydrogen-bond donors (Lipinski definition) is 2. The summed E-state index contributed by atoms with van der Waals surface area (Å²) in [6.45, 7) is 5.97. The van der Waals surface area contributed by atoms with Crippen LogP contribution >= 0.6 is 0 Å². The lowest BCUT2D eigenvalue weighted by Crippen LogP contribution is -2.43. The van der Waals surface area contributed by atoms with Crippen LogP contribution < -0.4 is 15.4 Å². The first-order valence-electron chi connectivity index (χ1n) is 7.39. The van der Waals surface area contributed by atoms with Gasteiger partial charge in [-0.05, 0) is 57.5 Å². The molecule has 1 amide bonds. The van der Waals surface area contributed by atoms with Crippen molar-refractivity contribution in [1.82, 2.24) is 10.6 Å². The second-order valence-electron chi connectivity index (χ2n) is 5.58. The molecular weight excluding hydrogens is 252 g/mol. The van der Waals surface area contributed by atoms with E-state index < -0.39 is 0 Å². The van der Waals surface area contributed by atoms with Crippen LogP contribution in [0.3, 0.4) is 0 Å². The summed E-state index contributed by atoms with van der Waals surface area (Å²) in [5.74, 6) is 0.922. The number of carbonyl (C=O) groups excluding carboxylic acids is 1. The second kappa shape index (κ2) is 7.29. The van der Waals surface area contributed by atoms with Crippen molar-refractivity contribution in [3.05, 3.63) is 29.8 Å².